The van der Waals surface area contributed by atoms with Crippen LogP contribution >= 0.6 is 0 Å². The smallest absolute Gasteiger partial charge is 0.306 e. The normalized spacial score (nSPS) is 12.7. The second-order valence-corrected chi connectivity index (χ2v) is 17.1. The van der Waals surface area contributed by atoms with Crippen LogP contribution in [0.1, 0.15) is 252 Å². The Balaban J connectivity index is 4.25. The van der Waals surface area contributed by atoms with Crippen LogP contribution in [-0.2, 0) is 23.8 Å². The third kappa shape index (κ3) is 48.3. The molecular weight excluding hydrogens is 741 g/mol. The number of carbonyl (C=O) groups is 2. The molecule has 0 aromatic heterocycles. The lowest BCUT2D eigenvalue weighted by atomic mass is 10.1. The van der Waals surface area contributed by atoms with E-state index in [1.54, 1.807) is 0 Å². The molecule has 0 aliphatic rings. The summed E-state index contributed by atoms with van der Waals surface area (Å²) in [5.41, 5.74) is 0. The molecule has 0 amide bonds. The summed E-state index contributed by atoms with van der Waals surface area (Å²) < 4.78 is 17.4. The first-order chi connectivity index (χ1) is 29.6. The van der Waals surface area contributed by atoms with Crippen LogP contribution in [0, 0.1) is 0 Å². The van der Waals surface area contributed by atoms with E-state index in [4.69, 9.17) is 14.2 Å². The van der Waals surface area contributed by atoms with Gasteiger partial charge in [0, 0.05) is 19.4 Å². The first-order valence-electron chi connectivity index (χ1n) is 25.8. The van der Waals surface area contributed by atoms with Gasteiger partial charge in [-0.1, -0.05) is 197 Å². The molecule has 1 atom stereocenters. The van der Waals surface area contributed by atoms with Crippen molar-refractivity contribution in [3.8, 4) is 0 Å². The predicted molar refractivity (Wildman–Crippen MR) is 261 cm³/mol. The second kappa shape index (κ2) is 51.0. The zero-order chi connectivity index (χ0) is 43.5. The number of allylic oxidation sites excluding steroid dienone is 10. The quantitative estimate of drug-likeness (QED) is 0.0347. The molecule has 1 unspecified atom stereocenters. The topological polar surface area (TPSA) is 61.8 Å². The van der Waals surface area contributed by atoms with E-state index in [2.05, 4.69) is 81.5 Å². The van der Waals surface area contributed by atoms with E-state index in [-0.39, 0.29) is 25.2 Å². The number of ether oxygens (including phenoxy) is 3. The highest BCUT2D eigenvalue weighted by atomic mass is 16.6. The maximum absolute atomic E-state index is 12.8. The first-order valence-corrected chi connectivity index (χ1v) is 25.8. The molecule has 0 saturated heterocycles. The van der Waals surface area contributed by atoms with Gasteiger partial charge in [-0.3, -0.25) is 9.59 Å². The van der Waals surface area contributed by atoms with E-state index >= 15 is 0 Å². The maximum atomic E-state index is 12.8. The van der Waals surface area contributed by atoms with Crippen molar-refractivity contribution in [3.63, 3.8) is 0 Å². The van der Waals surface area contributed by atoms with Crippen LogP contribution in [0.3, 0.4) is 0 Å². The average Bonchev–Trinajstić information content (AvgIpc) is 3.25. The fraction of sp³-hybridized carbons (Fsp3) is 0.782. The molecule has 0 saturated carbocycles. The summed E-state index contributed by atoms with van der Waals surface area (Å²) in [4.78, 5) is 25.3. The lowest BCUT2D eigenvalue weighted by molar-refractivity contribution is -0.163. The Labute approximate surface area is 373 Å². The second-order valence-electron chi connectivity index (χ2n) is 17.1. The van der Waals surface area contributed by atoms with Gasteiger partial charge in [-0.05, 0) is 103 Å². The molecule has 5 nitrogen and oxygen atoms in total. The van der Waals surface area contributed by atoms with E-state index in [0.29, 0.717) is 19.4 Å². The van der Waals surface area contributed by atoms with Gasteiger partial charge in [0.15, 0.2) is 6.10 Å². The summed E-state index contributed by atoms with van der Waals surface area (Å²) in [5, 5.41) is 0. The number of hydrogen-bond acceptors (Lipinski definition) is 5. The van der Waals surface area contributed by atoms with Gasteiger partial charge in [-0.25, -0.2) is 0 Å². The summed E-state index contributed by atoms with van der Waals surface area (Å²) in [6.45, 7) is 7.72. The third-order valence-electron chi connectivity index (χ3n) is 11.0. The average molecular weight is 839 g/mol. The Morgan fingerprint density at radius 3 is 1.22 bits per heavy atom. The summed E-state index contributed by atoms with van der Waals surface area (Å²) in [6, 6.07) is 0. The Bertz CT molecular complexity index is 1040. The minimum absolute atomic E-state index is 0.0733. The fourth-order valence-corrected chi connectivity index (χ4v) is 7.08. The van der Waals surface area contributed by atoms with Gasteiger partial charge in [0.05, 0.1) is 6.61 Å². The van der Waals surface area contributed by atoms with Crippen LogP contribution in [-0.4, -0.2) is 37.9 Å². The molecule has 0 aliphatic heterocycles. The van der Waals surface area contributed by atoms with Crippen molar-refractivity contribution in [3.05, 3.63) is 60.8 Å². The van der Waals surface area contributed by atoms with Gasteiger partial charge < -0.3 is 14.2 Å². The fourth-order valence-electron chi connectivity index (χ4n) is 7.08. The largest absolute Gasteiger partial charge is 0.462 e. The molecule has 5 heteroatoms. The highest BCUT2D eigenvalue weighted by molar-refractivity contribution is 5.70. The number of hydrogen-bond donors (Lipinski definition) is 0. The van der Waals surface area contributed by atoms with Crippen molar-refractivity contribution in [1.82, 2.24) is 0 Å². The van der Waals surface area contributed by atoms with E-state index in [1.165, 1.54) is 141 Å². The van der Waals surface area contributed by atoms with Crippen molar-refractivity contribution in [2.45, 2.75) is 258 Å². The van der Waals surface area contributed by atoms with Crippen LogP contribution in [0.15, 0.2) is 60.8 Å². The van der Waals surface area contributed by atoms with Gasteiger partial charge >= 0.3 is 11.9 Å². The minimum Gasteiger partial charge on any atom is -0.462 e. The standard InChI is InChI=1S/C55H98O5/c1-4-7-10-13-16-19-22-24-25-26-27-28-29-30-32-35-38-41-44-47-50-58-51-53(60-55(57)49-46-43-40-37-33-21-18-15-12-9-6-3)52-59-54(56)48-45-42-39-36-34-31-23-20-17-14-11-8-5-2/h15-16,18-20,23-25,27-28,53H,4-14,17,21-22,26,29-52H2,1-3H3/b18-15-,19-16-,23-20-,25-24-,28-27-. The van der Waals surface area contributed by atoms with Crippen LogP contribution in [0.4, 0.5) is 0 Å². The SMILES string of the molecule is CCCC/C=C\CCCCCCCC(=O)OC(COCCCCCCCCC/C=C\C/C=C\C/C=C\CCCCC)COC(=O)CCCCCCC/C=C\CCCCCC. The monoisotopic (exact) mass is 839 g/mol. The number of esters is 2. The van der Waals surface area contributed by atoms with Crippen LogP contribution in [0.5, 0.6) is 0 Å². The molecule has 348 valence electrons. The molecule has 0 aromatic rings. The Morgan fingerprint density at radius 2 is 0.717 bits per heavy atom. The highest BCUT2D eigenvalue weighted by Gasteiger charge is 2.17. The summed E-state index contributed by atoms with van der Waals surface area (Å²) in [7, 11) is 0. The zero-order valence-electron chi connectivity index (χ0n) is 40.0. The van der Waals surface area contributed by atoms with Crippen LogP contribution < -0.4 is 0 Å². The summed E-state index contributed by atoms with van der Waals surface area (Å²) in [5.74, 6) is -0.420. The van der Waals surface area contributed by atoms with Gasteiger partial charge in [0.25, 0.3) is 0 Å². The van der Waals surface area contributed by atoms with Crippen LogP contribution in [0.2, 0.25) is 0 Å². The van der Waals surface area contributed by atoms with Crippen LogP contribution in [0.25, 0.3) is 0 Å². The number of unbranched alkanes of at least 4 members (excludes halogenated alkanes) is 26. The molecule has 60 heavy (non-hydrogen) atoms. The molecule has 0 bridgehead atoms. The molecule has 0 aromatic carbocycles. The Hall–Kier alpha value is -2.40. The lowest BCUT2D eigenvalue weighted by Crippen LogP contribution is -2.30. The molecule has 0 aliphatic carbocycles. The summed E-state index contributed by atoms with van der Waals surface area (Å²) >= 11 is 0. The minimum atomic E-state index is -0.548. The highest BCUT2D eigenvalue weighted by Crippen LogP contribution is 2.13. The van der Waals surface area contributed by atoms with Gasteiger partial charge in [-0.15, -0.1) is 0 Å². The molecule has 0 N–H and O–H groups in total. The molecular formula is C55H98O5. The molecule has 0 spiro atoms. The zero-order valence-corrected chi connectivity index (χ0v) is 40.0. The molecule has 0 heterocycles. The van der Waals surface area contributed by atoms with Crippen molar-refractivity contribution in [2.75, 3.05) is 19.8 Å². The van der Waals surface area contributed by atoms with E-state index in [0.717, 1.165) is 77.0 Å². The Morgan fingerprint density at radius 1 is 0.367 bits per heavy atom. The van der Waals surface area contributed by atoms with E-state index in [9.17, 15) is 9.59 Å². The van der Waals surface area contributed by atoms with Gasteiger partial charge in [0.2, 0.25) is 0 Å². The van der Waals surface area contributed by atoms with E-state index in [1.807, 2.05) is 0 Å². The number of carbonyl (C=O) groups excluding carboxylic acids is 2. The molecule has 0 radical (unpaired) electrons. The predicted octanol–water partition coefficient (Wildman–Crippen LogP) is 17.3. The van der Waals surface area contributed by atoms with Crippen molar-refractivity contribution < 1.29 is 23.8 Å². The lowest BCUT2D eigenvalue weighted by Gasteiger charge is -2.18. The third-order valence-corrected chi connectivity index (χ3v) is 11.0. The van der Waals surface area contributed by atoms with Crippen molar-refractivity contribution in [1.29, 1.82) is 0 Å². The van der Waals surface area contributed by atoms with Crippen molar-refractivity contribution >= 4 is 11.9 Å². The van der Waals surface area contributed by atoms with Crippen molar-refractivity contribution in [2.24, 2.45) is 0 Å². The Kier molecular flexibility index (Phi) is 48.9. The van der Waals surface area contributed by atoms with Gasteiger partial charge in [-0.2, -0.15) is 0 Å². The van der Waals surface area contributed by atoms with Gasteiger partial charge in [0.1, 0.15) is 6.61 Å². The molecule has 0 rings (SSSR count). The molecule has 0 fully saturated rings. The summed E-state index contributed by atoms with van der Waals surface area (Å²) in [6.07, 6.45) is 63.7. The van der Waals surface area contributed by atoms with E-state index < -0.39 is 6.10 Å². The number of rotatable bonds is 47. The first kappa shape index (κ1) is 57.6. The maximum Gasteiger partial charge on any atom is 0.306 e.